The number of carbonyl (C=O) groups excluding carboxylic acids is 3. The number of rotatable bonds is 6. The molecular weight excluding hydrogens is 488 g/mol. The second-order valence-electron chi connectivity index (χ2n) is 14.2. The summed E-state index contributed by atoms with van der Waals surface area (Å²) >= 11 is 0. The molecule has 0 aromatic rings. The summed E-state index contributed by atoms with van der Waals surface area (Å²) in [6.45, 7) is 12.5. The van der Waals surface area contributed by atoms with Gasteiger partial charge in [0, 0.05) is 47.5 Å². The molecule has 212 valence electrons. The standard InChI is InChI=1S/C30H44O8/c1-15(25(36)37)10-16(31)13-29(6,38)20-12-22(35)30(7)24-17(32)11-19-26(2,3)21(34)8-9-27(19,4)23(24)18(33)14-28(20,30)5/h15,17,19-20,22,32,35,38H,8-14H2,1-7H3,(H,36,37)/t15?,17-,19-,20-,22-,27-,28+,29?,30-/m0/s1. The van der Waals surface area contributed by atoms with Crippen LogP contribution in [0.5, 0.6) is 0 Å². The minimum absolute atomic E-state index is 0.0450. The van der Waals surface area contributed by atoms with Gasteiger partial charge in [-0.05, 0) is 49.0 Å². The molecule has 0 bridgehead atoms. The molecule has 0 amide bonds. The van der Waals surface area contributed by atoms with E-state index in [4.69, 9.17) is 0 Å². The van der Waals surface area contributed by atoms with Crippen molar-refractivity contribution >= 4 is 23.3 Å². The Morgan fingerprint density at radius 2 is 1.68 bits per heavy atom. The summed E-state index contributed by atoms with van der Waals surface area (Å²) in [5.74, 6) is -3.20. The first-order chi connectivity index (χ1) is 17.2. The molecule has 0 heterocycles. The van der Waals surface area contributed by atoms with Gasteiger partial charge in [0.25, 0.3) is 0 Å². The molecule has 0 saturated heterocycles. The van der Waals surface area contributed by atoms with Gasteiger partial charge in [0.1, 0.15) is 11.6 Å². The highest BCUT2D eigenvalue weighted by atomic mass is 16.4. The predicted molar refractivity (Wildman–Crippen MR) is 139 cm³/mol. The summed E-state index contributed by atoms with van der Waals surface area (Å²) in [4.78, 5) is 50.9. The second kappa shape index (κ2) is 8.80. The number of hydrogen-bond acceptors (Lipinski definition) is 7. The Kier molecular flexibility index (Phi) is 6.74. The maximum Gasteiger partial charge on any atom is 0.306 e. The van der Waals surface area contributed by atoms with Crippen molar-refractivity contribution in [2.75, 3.05) is 0 Å². The summed E-state index contributed by atoms with van der Waals surface area (Å²) < 4.78 is 0. The highest BCUT2D eigenvalue weighted by Gasteiger charge is 2.71. The normalized spacial score (nSPS) is 42.6. The van der Waals surface area contributed by atoms with Crippen LogP contribution in [0.15, 0.2) is 11.1 Å². The van der Waals surface area contributed by atoms with Gasteiger partial charge in [-0.25, -0.2) is 0 Å². The second-order valence-corrected chi connectivity index (χ2v) is 14.2. The van der Waals surface area contributed by atoms with Crippen molar-refractivity contribution in [2.45, 2.75) is 111 Å². The first-order valence-electron chi connectivity index (χ1n) is 13.9. The topological polar surface area (TPSA) is 149 Å². The van der Waals surface area contributed by atoms with Crippen LogP contribution in [0.2, 0.25) is 0 Å². The molecule has 2 saturated carbocycles. The molecule has 0 aliphatic heterocycles. The van der Waals surface area contributed by atoms with E-state index in [-0.39, 0.29) is 49.0 Å². The molecule has 4 N–H and O–H groups in total. The van der Waals surface area contributed by atoms with Crippen molar-refractivity contribution in [1.82, 2.24) is 0 Å². The fraction of sp³-hybridized carbons (Fsp3) is 0.800. The van der Waals surface area contributed by atoms with Crippen LogP contribution in [-0.2, 0) is 19.2 Å². The van der Waals surface area contributed by atoms with Crippen molar-refractivity contribution in [1.29, 1.82) is 0 Å². The highest BCUT2D eigenvalue weighted by molar-refractivity contribution is 6.01. The molecule has 0 spiro atoms. The van der Waals surface area contributed by atoms with Crippen LogP contribution in [0.25, 0.3) is 0 Å². The molecule has 4 aliphatic carbocycles. The molecule has 0 aromatic carbocycles. The average Bonchev–Trinajstić information content (AvgIpc) is 2.99. The van der Waals surface area contributed by atoms with Crippen molar-refractivity contribution in [3.8, 4) is 0 Å². The number of ketones is 3. The molecule has 0 radical (unpaired) electrons. The molecule has 8 heteroatoms. The number of aliphatic carboxylic acids is 1. The maximum atomic E-state index is 14.1. The third kappa shape index (κ3) is 3.80. The van der Waals surface area contributed by atoms with Gasteiger partial charge in [0.05, 0.1) is 23.7 Å². The highest BCUT2D eigenvalue weighted by Crippen LogP contribution is 2.71. The van der Waals surface area contributed by atoms with Crippen LogP contribution in [0.3, 0.4) is 0 Å². The molecule has 2 fully saturated rings. The number of hydrogen-bond donors (Lipinski definition) is 4. The summed E-state index contributed by atoms with van der Waals surface area (Å²) in [5, 5.41) is 44.1. The number of carboxylic acid groups (broad SMARTS) is 1. The van der Waals surface area contributed by atoms with Gasteiger partial charge in [-0.2, -0.15) is 0 Å². The fourth-order valence-electron chi connectivity index (χ4n) is 9.25. The summed E-state index contributed by atoms with van der Waals surface area (Å²) in [7, 11) is 0. The third-order valence-electron chi connectivity index (χ3n) is 11.6. The number of fused-ring (bicyclic) bond motifs is 4. The Labute approximate surface area is 224 Å². The summed E-state index contributed by atoms with van der Waals surface area (Å²) in [6.07, 6.45) is -1.12. The zero-order valence-corrected chi connectivity index (χ0v) is 23.8. The van der Waals surface area contributed by atoms with Crippen LogP contribution in [0, 0.1) is 39.4 Å². The first kappa shape index (κ1) is 29.1. The van der Waals surface area contributed by atoms with Crippen LogP contribution in [0.4, 0.5) is 0 Å². The number of carboxylic acids is 1. The molecular formula is C30H44O8. The molecule has 4 aliphatic rings. The smallest absolute Gasteiger partial charge is 0.306 e. The lowest BCUT2D eigenvalue weighted by atomic mass is 9.42. The van der Waals surface area contributed by atoms with Crippen molar-refractivity contribution in [3.05, 3.63) is 11.1 Å². The largest absolute Gasteiger partial charge is 0.481 e. The number of carbonyl (C=O) groups is 4. The van der Waals surface area contributed by atoms with Gasteiger partial charge in [0.2, 0.25) is 0 Å². The Morgan fingerprint density at radius 1 is 1.08 bits per heavy atom. The lowest BCUT2D eigenvalue weighted by molar-refractivity contribution is -0.149. The van der Waals surface area contributed by atoms with Crippen LogP contribution in [0.1, 0.15) is 93.4 Å². The Morgan fingerprint density at radius 3 is 2.26 bits per heavy atom. The Bertz CT molecular complexity index is 1120. The molecule has 4 rings (SSSR count). The van der Waals surface area contributed by atoms with Gasteiger partial charge >= 0.3 is 5.97 Å². The zero-order chi connectivity index (χ0) is 28.8. The van der Waals surface area contributed by atoms with E-state index < -0.39 is 57.3 Å². The SMILES string of the molecule is CC(CC(=O)CC(C)(O)[C@H]1C[C@H](O)[C@@]2(C)C3=C(C(=O)C[C@]12C)[C@@]1(C)CCC(=O)C(C)(C)[C@@H]1C[C@@H]3O)C(=O)O. The average molecular weight is 533 g/mol. The van der Waals surface area contributed by atoms with Gasteiger partial charge in [0.15, 0.2) is 5.78 Å². The minimum atomic E-state index is -1.59. The van der Waals surface area contributed by atoms with E-state index in [0.717, 1.165) is 0 Å². The van der Waals surface area contributed by atoms with Gasteiger partial charge in [-0.3, -0.25) is 19.2 Å². The van der Waals surface area contributed by atoms with E-state index in [0.29, 0.717) is 30.4 Å². The van der Waals surface area contributed by atoms with Crippen LogP contribution >= 0.6 is 0 Å². The number of allylic oxidation sites excluding steroid dienone is 1. The lowest BCUT2D eigenvalue weighted by Crippen LogP contribution is -2.61. The van der Waals surface area contributed by atoms with Gasteiger partial charge in [-0.15, -0.1) is 0 Å². The Hall–Kier alpha value is -1.90. The molecule has 38 heavy (non-hydrogen) atoms. The molecule has 8 nitrogen and oxygen atoms in total. The van der Waals surface area contributed by atoms with Crippen molar-refractivity contribution < 1.29 is 39.6 Å². The molecule has 9 atom stereocenters. The predicted octanol–water partition coefficient (Wildman–Crippen LogP) is 3.25. The Balaban J connectivity index is 1.78. The minimum Gasteiger partial charge on any atom is -0.481 e. The monoisotopic (exact) mass is 532 g/mol. The number of Topliss-reactive ketones (excluding diaryl/α,β-unsaturated/α-hetero) is 3. The zero-order valence-electron chi connectivity index (χ0n) is 23.8. The summed E-state index contributed by atoms with van der Waals surface area (Å²) in [6, 6.07) is 0. The summed E-state index contributed by atoms with van der Waals surface area (Å²) in [5.41, 5.74) is -3.79. The van der Waals surface area contributed by atoms with Crippen LogP contribution < -0.4 is 0 Å². The van der Waals surface area contributed by atoms with E-state index in [1.165, 1.54) is 13.8 Å². The molecule has 2 unspecified atom stereocenters. The first-order valence-corrected chi connectivity index (χ1v) is 13.9. The van der Waals surface area contributed by atoms with E-state index in [9.17, 15) is 39.6 Å². The van der Waals surface area contributed by atoms with Crippen molar-refractivity contribution in [2.24, 2.45) is 39.4 Å². The van der Waals surface area contributed by atoms with Gasteiger partial charge in [-0.1, -0.05) is 41.5 Å². The number of aliphatic hydroxyl groups is 3. The van der Waals surface area contributed by atoms with Crippen molar-refractivity contribution in [3.63, 3.8) is 0 Å². The van der Waals surface area contributed by atoms with Gasteiger partial charge < -0.3 is 20.4 Å². The van der Waals surface area contributed by atoms with E-state index in [1.54, 1.807) is 0 Å². The lowest BCUT2D eigenvalue weighted by Gasteiger charge is -2.61. The van der Waals surface area contributed by atoms with Crippen LogP contribution in [-0.4, -0.2) is 61.6 Å². The third-order valence-corrected chi connectivity index (χ3v) is 11.6. The van der Waals surface area contributed by atoms with E-state index in [1.807, 2.05) is 34.6 Å². The number of aliphatic hydroxyl groups excluding tert-OH is 2. The molecule has 0 aromatic heterocycles. The quantitative estimate of drug-likeness (QED) is 0.407. The fourth-order valence-corrected chi connectivity index (χ4v) is 9.25. The maximum absolute atomic E-state index is 14.1. The van der Waals surface area contributed by atoms with E-state index in [2.05, 4.69) is 0 Å². The van der Waals surface area contributed by atoms with E-state index >= 15 is 0 Å².